The van der Waals surface area contributed by atoms with E-state index < -0.39 is 0 Å². The van der Waals surface area contributed by atoms with Crippen molar-refractivity contribution in [2.45, 2.75) is 69.9 Å². The first-order valence-corrected chi connectivity index (χ1v) is 8.34. The molecule has 20 heavy (non-hydrogen) atoms. The van der Waals surface area contributed by atoms with Gasteiger partial charge in [-0.25, -0.2) is 0 Å². The number of carbonyl (C=O) groups excluding carboxylic acids is 1. The minimum Gasteiger partial charge on any atom is -0.344 e. The molecule has 3 heteroatoms. The average molecular weight is 278 g/mol. The number of likely N-dealkylation sites (N-methyl/N-ethyl adjacent to an activating group) is 1. The second-order valence-electron chi connectivity index (χ2n) is 6.50. The molecule has 3 nitrogen and oxygen atoms in total. The van der Waals surface area contributed by atoms with Crippen molar-refractivity contribution in [3.63, 3.8) is 0 Å². The highest BCUT2D eigenvalue weighted by atomic mass is 16.2. The Labute approximate surface area is 123 Å². The maximum atomic E-state index is 12.5. The van der Waals surface area contributed by atoms with E-state index in [0.29, 0.717) is 11.9 Å². The number of allylic oxidation sites excluding steroid dienone is 1. The largest absolute Gasteiger partial charge is 0.344 e. The fourth-order valence-electron chi connectivity index (χ4n) is 3.70. The summed E-state index contributed by atoms with van der Waals surface area (Å²) in [7, 11) is 1.96. The predicted octanol–water partition coefficient (Wildman–Crippen LogP) is 3.11. The van der Waals surface area contributed by atoms with Crippen molar-refractivity contribution in [3.8, 4) is 0 Å². The second-order valence-corrected chi connectivity index (χ2v) is 6.50. The number of rotatable bonds is 7. The lowest BCUT2D eigenvalue weighted by molar-refractivity contribution is -0.131. The van der Waals surface area contributed by atoms with E-state index >= 15 is 0 Å². The highest BCUT2D eigenvalue weighted by molar-refractivity contribution is 5.82. The molecule has 0 radical (unpaired) electrons. The Morgan fingerprint density at radius 1 is 1.30 bits per heavy atom. The van der Waals surface area contributed by atoms with Crippen LogP contribution in [0, 0.1) is 5.92 Å². The number of fused-ring (bicyclic) bond motifs is 1. The lowest BCUT2D eigenvalue weighted by Crippen LogP contribution is -2.44. The van der Waals surface area contributed by atoms with Crippen molar-refractivity contribution < 1.29 is 4.79 Å². The summed E-state index contributed by atoms with van der Waals surface area (Å²) in [6.07, 6.45) is 12.9. The molecule has 2 aliphatic rings. The number of unbranched alkanes of at least 4 members (excludes halogenated alkanes) is 3. The van der Waals surface area contributed by atoms with Gasteiger partial charge in [0.15, 0.2) is 0 Å². The summed E-state index contributed by atoms with van der Waals surface area (Å²) >= 11 is 0. The minimum absolute atomic E-state index is 0.0845. The molecule has 0 bridgehead atoms. The molecule has 1 aliphatic heterocycles. The van der Waals surface area contributed by atoms with Crippen LogP contribution in [0.4, 0.5) is 0 Å². The molecule has 1 saturated carbocycles. The lowest BCUT2D eigenvalue weighted by Gasteiger charge is -2.24. The van der Waals surface area contributed by atoms with Gasteiger partial charge in [0.1, 0.15) is 0 Å². The third-order valence-electron chi connectivity index (χ3n) is 4.94. The fourth-order valence-corrected chi connectivity index (χ4v) is 3.70. The molecule has 2 rings (SSSR count). The predicted molar refractivity (Wildman–Crippen MR) is 83.6 cm³/mol. The van der Waals surface area contributed by atoms with Gasteiger partial charge >= 0.3 is 0 Å². The quantitative estimate of drug-likeness (QED) is 0.573. The molecule has 3 atom stereocenters. The third kappa shape index (κ3) is 4.08. The van der Waals surface area contributed by atoms with Gasteiger partial charge in [0, 0.05) is 19.6 Å². The van der Waals surface area contributed by atoms with Gasteiger partial charge in [0.2, 0.25) is 5.91 Å². The highest BCUT2D eigenvalue weighted by Crippen LogP contribution is 2.33. The summed E-state index contributed by atoms with van der Waals surface area (Å²) in [6.45, 7) is 4.63. The van der Waals surface area contributed by atoms with Crippen LogP contribution in [0.3, 0.4) is 0 Å². The van der Waals surface area contributed by atoms with Gasteiger partial charge in [-0.05, 0) is 44.4 Å². The van der Waals surface area contributed by atoms with Gasteiger partial charge < -0.3 is 10.2 Å². The van der Waals surface area contributed by atoms with Crippen molar-refractivity contribution in [2.24, 2.45) is 5.92 Å². The van der Waals surface area contributed by atoms with Crippen LogP contribution in [-0.2, 0) is 4.79 Å². The average Bonchev–Trinajstić information content (AvgIpc) is 2.89. The first-order chi connectivity index (χ1) is 9.72. The second kappa shape index (κ2) is 7.82. The molecule has 1 aliphatic carbocycles. The molecule has 0 aromatic heterocycles. The van der Waals surface area contributed by atoms with Crippen molar-refractivity contribution in [2.75, 3.05) is 13.6 Å². The number of nitrogens with one attached hydrogen (secondary N) is 1. The molecule has 1 N–H and O–H groups in total. The van der Waals surface area contributed by atoms with E-state index in [1.165, 1.54) is 38.5 Å². The van der Waals surface area contributed by atoms with E-state index in [2.05, 4.69) is 11.9 Å². The molecule has 1 amide bonds. The van der Waals surface area contributed by atoms with Gasteiger partial charge in [0.05, 0.1) is 6.04 Å². The lowest BCUT2D eigenvalue weighted by atomic mass is 9.85. The molecule has 0 aromatic carbocycles. The summed E-state index contributed by atoms with van der Waals surface area (Å²) in [6, 6.07) is 0.694. The van der Waals surface area contributed by atoms with Crippen molar-refractivity contribution in [1.82, 2.24) is 10.2 Å². The van der Waals surface area contributed by atoms with Crippen LogP contribution in [0.1, 0.15) is 57.8 Å². The molecule has 0 aromatic rings. The van der Waals surface area contributed by atoms with Gasteiger partial charge in [-0.3, -0.25) is 4.79 Å². The van der Waals surface area contributed by atoms with E-state index in [1.807, 2.05) is 18.0 Å². The number of amides is 1. The van der Waals surface area contributed by atoms with Gasteiger partial charge in [-0.2, -0.15) is 0 Å². The Morgan fingerprint density at radius 3 is 2.85 bits per heavy atom. The molecule has 1 heterocycles. The number of hydrogen-bond acceptors (Lipinski definition) is 2. The van der Waals surface area contributed by atoms with Gasteiger partial charge in [-0.1, -0.05) is 25.3 Å². The molecule has 0 spiro atoms. The minimum atomic E-state index is 0.0845. The zero-order valence-electron chi connectivity index (χ0n) is 12.9. The Kier molecular flexibility index (Phi) is 6.08. The van der Waals surface area contributed by atoms with Crippen LogP contribution in [0.5, 0.6) is 0 Å². The molecule has 114 valence electrons. The number of nitrogens with zero attached hydrogens (tertiary/aromatic N) is 1. The van der Waals surface area contributed by atoms with Crippen molar-refractivity contribution in [3.05, 3.63) is 12.7 Å². The summed E-state index contributed by atoms with van der Waals surface area (Å²) < 4.78 is 0. The Morgan fingerprint density at radius 2 is 2.10 bits per heavy atom. The topological polar surface area (TPSA) is 32.3 Å². The third-order valence-corrected chi connectivity index (χ3v) is 4.94. The monoisotopic (exact) mass is 278 g/mol. The highest BCUT2D eigenvalue weighted by Gasteiger charge is 2.38. The Bertz CT molecular complexity index is 315. The summed E-state index contributed by atoms with van der Waals surface area (Å²) in [5, 5.41) is 3.58. The first kappa shape index (κ1) is 15.6. The van der Waals surface area contributed by atoms with Gasteiger partial charge in [-0.15, -0.1) is 6.58 Å². The Balaban J connectivity index is 1.69. The van der Waals surface area contributed by atoms with Crippen molar-refractivity contribution in [1.29, 1.82) is 0 Å². The molecular formula is C17H30N2O. The Hall–Kier alpha value is -0.830. The van der Waals surface area contributed by atoms with Crippen molar-refractivity contribution >= 4 is 5.91 Å². The van der Waals surface area contributed by atoms with Crippen LogP contribution in [-0.4, -0.2) is 36.5 Å². The summed E-state index contributed by atoms with van der Waals surface area (Å²) in [5.41, 5.74) is 0. The molecule has 1 saturated heterocycles. The number of carbonyl (C=O) groups is 1. The number of hydrogen-bond donors (Lipinski definition) is 1. The molecule has 2 fully saturated rings. The SMILES string of the molecule is C=CCCCCCN(C)C(=O)C1CC2CCCCC2N1. The standard InChI is InChI=1S/C17H30N2O/c1-3-4-5-6-9-12-19(2)17(20)16-13-14-10-7-8-11-15(14)18-16/h3,14-16,18H,1,4-13H2,2H3. The van der Waals surface area contributed by atoms with Crippen LogP contribution < -0.4 is 5.32 Å². The first-order valence-electron chi connectivity index (χ1n) is 8.34. The summed E-state index contributed by atoms with van der Waals surface area (Å²) in [5.74, 6) is 1.06. The van der Waals surface area contributed by atoms with Crippen LogP contribution >= 0.6 is 0 Å². The fraction of sp³-hybridized carbons (Fsp3) is 0.824. The van der Waals surface area contributed by atoms with E-state index in [9.17, 15) is 4.79 Å². The summed E-state index contributed by atoms with van der Waals surface area (Å²) in [4.78, 5) is 14.4. The molecular weight excluding hydrogens is 248 g/mol. The maximum absolute atomic E-state index is 12.5. The van der Waals surface area contributed by atoms with E-state index in [1.54, 1.807) is 0 Å². The van der Waals surface area contributed by atoms with Gasteiger partial charge in [0.25, 0.3) is 0 Å². The van der Waals surface area contributed by atoms with E-state index in [-0.39, 0.29) is 6.04 Å². The van der Waals surface area contributed by atoms with Crippen LogP contribution in [0.25, 0.3) is 0 Å². The van der Waals surface area contributed by atoms with E-state index in [4.69, 9.17) is 0 Å². The zero-order chi connectivity index (χ0) is 14.4. The molecule has 3 unspecified atom stereocenters. The normalized spacial score (nSPS) is 28.9. The van der Waals surface area contributed by atoms with Crippen LogP contribution in [0.2, 0.25) is 0 Å². The smallest absolute Gasteiger partial charge is 0.239 e. The van der Waals surface area contributed by atoms with Crippen LogP contribution in [0.15, 0.2) is 12.7 Å². The van der Waals surface area contributed by atoms with E-state index in [0.717, 1.165) is 31.7 Å². The maximum Gasteiger partial charge on any atom is 0.239 e. The zero-order valence-corrected chi connectivity index (χ0v) is 12.9.